The van der Waals surface area contributed by atoms with Gasteiger partial charge in [-0.25, -0.2) is 9.97 Å². The maximum atomic E-state index is 12.9. The number of para-hydroxylation sites is 1. The van der Waals surface area contributed by atoms with E-state index in [2.05, 4.69) is 15.3 Å². The highest BCUT2D eigenvalue weighted by atomic mass is 32.2. The Bertz CT molecular complexity index is 695. The molecule has 0 fully saturated rings. The number of thioether (sulfide) groups is 1. The van der Waals surface area contributed by atoms with E-state index in [9.17, 15) is 13.2 Å². The van der Waals surface area contributed by atoms with E-state index >= 15 is 0 Å². The Labute approximate surface area is 123 Å². The van der Waals surface area contributed by atoms with Crippen LogP contribution in [0.4, 0.5) is 24.7 Å². The van der Waals surface area contributed by atoms with Crippen molar-refractivity contribution < 1.29 is 13.2 Å². The summed E-state index contributed by atoms with van der Waals surface area (Å²) < 4.78 is 38.8. The number of hydrogen-bond donors (Lipinski definition) is 1. The molecule has 1 aromatic heterocycles. The molecule has 108 valence electrons. The lowest BCUT2D eigenvalue weighted by Crippen LogP contribution is -2.09. The van der Waals surface area contributed by atoms with E-state index in [-0.39, 0.29) is 17.1 Å². The largest absolute Gasteiger partial charge is 0.418 e. The van der Waals surface area contributed by atoms with Crippen LogP contribution in [0.15, 0.2) is 35.6 Å². The van der Waals surface area contributed by atoms with Crippen molar-refractivity contribution in [2.24, 2.45) is 0 Å². The highest BCUT2D eigenvalue weighted by Gasteiger charge is 2.33. The molecule has 0 bridgehead atoms. The van der Waals surface area contributed by atoms with Crippen LogP contribution in [0, 0.1) is 11.3 Å². The van der Waals surface area contributed by atoms with E-state index in [0.717, 1.165) is 6.07 Å². The molecule has 0 amide bonds. The van der Waals surface area contributed by atoms with Gasteiger partial charge in [0.25, 0.3) is 0 Å². The predicted molar refractivity (Wildman–Crippen MR) is 73.3 cm³/mol. The van der Waals surface area contributed by atoms with Gasteiger partial charge in [-0.05, 0) is 18.4 Å². The van der Waals surface area contributed by atoms with Crippen molar-refractivity contribution in [3.8, 4) is 6.07 Å². The quantitative estimate of drug-likeness (QED) is 0.689. The molecule has 8 heteroatoms. The molecule has 1 heterocycles. The van der Waals surface area contributed by atoms with Gasteiger partial charge in [-0.15, -0.1) is 0 Å². The number of aromatic nitrogens is 2. The van der Waals surface area contributed by atoms with Crippen LogP contribution in [-0.2, 0) is 6.18 Å². The van der Waals surface area contributed by atoms with Crippen LogP contribution in [0.25, 0.3) is 0 Å². The number of nitrogens with one attached hydrogen (secondary N) is 1. The molecule has 0 saturated carbocycles. The van der Waals surface area contributed by atoms with Gasteiger partial charge in [0, 0.05) is 0 Å². The summed E-state index contributed by atoms with van der Waals surface area (Å²) in [5.74, 6) is 0.0496. The molecular weight excluding hydrogens is 301 g/mol. The summed E-state index contributed by atoms with van der Waals surface area (Å²) >= 11 is 1.23. The number of rotatable bonds is 3. The van der Waals surface area contributed by atoms with Crippen LogP contribution in [0.5, 0.6) is 0 Å². The van der Waals surface area contributed by atoms with Gasteiger partial charge < -0.3 is 5.32 Å². The van der Waals surface area contributed by atoms with Gasteiger partial charge in [0.05, 0.1) is 17.4 Å². The molecule has 0 aliphatic heterocycles. The third-order valence-electron chi connectivity index (χ3n) is 2.56. The zero-order valence-corrected chi connectivity index (χ0v) is 11.6. The maximum absolute atomic E-state index is 12.9. The molecule has 0 aliphatic carbocycles. The molecular formula is C13H9F3N4S. The molecule has 21 heavy (non-hydrogen) atoms. The van der Waals surface area contributed by atoms with Gasteiger partial charge in [0.15, 0.2) is 11.0 Å². The Morgan fingerprint density at radius 1 is 1.29 bits per heavy atom. The maximum Gasteiger partial charge on any atom is 0.418 e. The van der Waals surface area contributed by atoms with Crippen LogP contribution < -0.4 is 5.32 Å². The first-order chi connectivity index (χ1) is 9.95. The molecule has 1 N–H and O–H groups in total. The van der Waals surface area contributed by atoms with E-state index in [1.165, 1.54) is 36.2 Å². The lowest BCUT2D eigenvalue weighted by Gasteiger charge is -2.14. The van der Waals surface area contributed by atoms with Crippen molar-refractivity contribution >= 4 is 23.3 Å². The third-order valence-corrected chi connectivity index (χ3v) is 3.12. The van der Waals surface area contributed by atoms with E-state index in [1.807, 2.05) is 6.07 Å². The van der Waals surface area contributed by atoms with Crippen molar-refractivity contribution in [2.75, 3.05) is 11.6 Å². The molecule has 2 aromatic rings. The summed E-state index contributed by atoms with van der Waals surface area (Å²) in [4.78, 5) is 7.94. The van der Waals surface area contributed by atoms with E-state index in [1.54, 1.807) is 6.26 Å². The smallest absolute Gasteiger partial charge is 0.338 e. The minimum atomic E-state index is -4.49. The minimum absolute atomic E-state index is 0.0496. The summed E-state index contributed by atoms with van der Waals surface area (Å²) in [7, 11) is 0. The van der Waals surface area contributed by atoms with Crippen molar-refractivity contribution in [1.82, 2.24) is 9.97 Å². The molecule has 2 rings (SSSR count). The number of nitriles is 1. The fraction of sp³-hybridized carbons (Fsp3) is 0.154. The number of alkyl halides is 3. The summed E-state index contributed by atoms with van der Waals surface area (Å²) in [5, 5.41) is 11.9. The Morgan fingerprint density at radius 3 is 2.62 bits per heavy atom. The SMILES string of the molecule is CSc1ncc(C#N)c(Nc2ccccc2C(F)(F)F)n1. The minimum Gasteiger partial charge on any atom is -0.338 e. The first-order valence-electron chi connectivity index (χ1n) is 5.70. The van der Waals surface area contributed by atoms with Crippen LogP contribution >= 0.6 is 11.8 Å². The number of benzene rings is 1. The first kappa shape index (κ1) is 15.1. The molecule has 0 spiro atoms. The van der Waals surface area contributed by atoms with Crippen LogP contribution in [0.1, 0.15) is 11.1 Å². The highest BCUT2D eigenvalue weighted by Crippen LogP contribution is 2.36. The number of hydrogen-bond acceptors (Lipinski definition) is 5. The molecule has 0 unspecified atom stereocenters. The average Bonchev–Trinajstić information content (AvgIpc) is 2.46. The lowest BCUT2D eigenvalue weighted by atomic mass is 10.1. The number of nitrogens with zero attached hydrogens (tertiary/aromatic N) is 3. The van der Waals surface area contributed by atoms with Crippen molar-refractivity contribution in [1.29, 1.82) is 5.26 Å². The van der Waals surface area contributed by atoms with Crippen LogP contribution in [-0.4, -0.2) is 16.2 Å². The predicted octanol–water partition coefficient (Wildman–Crippen LogP) is 3.83. The van der Waals surface area contributed by atoms with Gasteiger partial charge in [-0.3, -0.25) is 0 Å². The van der Waals surface area contributed by atoms with E-state index in [4.69, 9.17) is 5.26 Å². The van der Waals surface area contributed by atoms with Crippen molar-refractivity contribution in [2.45, 2.75) is 11.3 Å². The Balaban J connectivity index is 2.46. The second-order valence-electron chi connectivity index (χ2n) is 3.90. The molecule has 0 saturated heterocycles. The molecule has 0 aliphatic rings. The Kier molecular flexibility index (Phi) is 4.33. The first-order valence-corrected chi connectivity index (χ1v) is 6.92. The summed E-state index contributed by atoms with van der Waals surface area (Å²) in [6.07, 6.45) is -1.49. The van der Waals surface area contributed by atoms with Gasteiger partial charge >= 0.3 is 6.18 Å². The molecule has 0 radical (unpaired) electrons. The normalized spacial score (nSPS) is 11.0. The standard InChI is InChI=1S/C13H9F3N4S/c1-21-12-18-7-8(6-17)11(20-12)19-10-5-3-2-4-9(10)13(14,15)16/h2-5,7H,1H3,(H,18,19,20). The monoisotopic (exact) mass is 310 g/mol. The number of halogens is 3. The molecule has 0 atom stereocenters. The Morgan fingerprint density at radius 2 is 2.00 bits per heavy atom. The topological polar surface area (TPSA) is 61.6 Å². The highest BCUT2D eigenvalue weighted by molar-refractivity contribution is 7.98. The zero-order valence-electron chi connectivity index (χ0n) is 10.8. The van der Waals surface area contributed by atoms with Crippen LogP contribution in [0.2, 0.25) is 0 Å². The second-order valence-corrected chi connectivity index (χ2v) is 4.67. The second kappa shape index (κ2) is 6.01. The average molecular weight is 310 g/mol. The molecule has 1 aromatic carbocycles. The van der Waals surface area contributed by atoms with Gasteiger partial charge in [-0.1, -0.05) is 23.9 Å². The van der Waals surface area contributed by atoms with Gasteiger partial charge in [0.2, 0.25) is 0 Å². The summed E-state index contributed by atoms with van der Waals surface area (Å²) in [6.45, 7) is 0. The third kappa shape index (κ3) is 3.44. The lowest BCUT2D eigenvalue weighted by molar-refractivity contribution is -0.136. The van der Waals surface area contributed by atoms with Crippen molar-refractivity contribution in [3.63, 3.8) is 0 Å². The van der Waals surface area contributed by atoms with Gasteiger partial charge in [-0.2, -0.15) is 18.4 Å². The zero-order chi connectivity index (χ0) is 15.5. The fourth-order valence-corrected chi connectivity index (χ4v) is 1.95. The summed E-state index contributed by atoms with van der Waals surface area (Å²) in [5.41, 5.74) is -0.907. The van der Waals surface area contributed by atoms with E-state index < -0.39 is 11.7 Å². The Hall–Kier alpha value is -2.27. The van der Waals surface area contributed by atoms with Crippen LogP contribution in [0.3, 0.4) is 0 Å². The van der Waals surface area contributed by atoms with Gasteiger partial charge in [0.1, 0.15) is 11.6 Å². The van der Waals surface area contributed by atoms with E-state index in [0.29, 0.717) is 5.16 Å². The summed E-state index contributed by atoms with van der Waals surface area (Å²) in [6, 6.07) is 6.86. The molecule has 4 nitrogen and oxygen atoms in total. The fourth-order valence-electron chi connectivity index (χ4n) is 1.61. The van der Waals surface area contributed by atoms with Crippen molar-refractivity contribution in [3.05, 3.63) is 41.6 Å². The number of anilines is 2.